The molecule has 1 atom stereocenters. The lowest BCUT2D eigenvalue weighted by molar-refractivity contribution is 0.497. The Bertz CT molecular complexity index is 422. The zero-order valence-corrected chi connectivity index (χ0v) is 9.70. The van der Waals surface area contributed by atoms with Crippen molar-refractivity contribution in [1.29, 1.82) is 5.26 Å². The molecule has 1 N–H and O–H groups in total. The summed E-state index contributed by atoms with van der Waals surface area (Å²) in [4.78, 5) is 6.76. The first-order valence-corrected chi connectivity index (χ1v) is 5.57. The van der Waals surface area contributed by atoms with Crippen molar-refractivity contribution in [3.8, 4) is 6.07 Å². The van der Waals surface area contributed by atoms with Crippen molar-refractivity contribution in [1.82, 2.24) is 10.3 Å². The van der Waals surface area contributed by atoms with Crippen molar-refractivity contribution >= 4 is 5.82 Å². The molecule has 4 nitrogen and oxygen atoms in total. The second-order valence-electron chi connectivity index (χ2n) is 4.21. The van der Waals surface area contributed by atoms with Crippen molar-refractivity contribution in [2.75, 3.05) is 24.5 Å². The maximum atomic E-state index is 8.94. The van der Waals surface area contributed by atoms with E-state index in [0.717, 1.165) is 31.1 Å². The summed E-state index contributed by atoms with van der Waals surface area (Å²) in [5.41, 5.74) is 1.59. The molecule has 0 aliphatic carbocycles. The maximum absolute atomic E-state index is 8.94. The van der Waals surface area contributed by atoms with Crippen molar-refractivity contribution in [3.05, 3.63) is 23.4 Å². The molecule has 0 saturated carbocycles. The van der Waals surface area contributed by atoms with Gasteiger partial charge in [0.2, 0.25) is 0 Å². The molecule has 1 aliphatic rings. The summed E-state index contributed by atoms with van der Waals surface area (Å²) in [5.74, 6) is 0.922. The van der Waals surface area contributed by atoms with Gasteiger partial charge in [0, 0.05) is 31.4 Å². The predicted molar refractivity (Wildman–Crippen MR) is 63.4 cm³/mol. The molecule has 0 bridgehead atoms. The number of piperazine rings is 1. The van der Waals surface area contributed by atoms with E-state index in [2.05, 4.69) is 28.2 Å². The minimum atomic E-state index is 0.426. The Balaban J connectivity index is 2.32. The van der Waals surface area contributed by atoms with Gasteiger partial charge in [-0.15, -0.1) is 0 Å². The van der Waals surface area contributed by atoms with Crippen LogP contribution in [-0.4, -0.2) is 30.7 Å². The highest BCUT2D eigenvalue weighted by molar-refractivity contribution is 5.47. The average molecular weight is 216 g/mol. The van der Waals surface area contributed by atoms with E-state index < -0.39 is 0 Å². The van der Waals surface area contributed by atoms with E-state index in [9.17, 15) is 0 Å². The number of aromatic nitrogens is 1. The number of rotatable bonds is 1. The van der Waals surface area contributed by atoms with E-state index >= 15 is 0 Å². The Morgan fingerprint density at radius 2 is 2.38 bits per heavy atom. The quantitative estimate of drug-likeness (QED) is 0.762. The van der Waals surface area contributed by atoms with E-state index in [1.807, 2.05) is 19.1 Å². The van der Waals surface area contributed by atoms with Crippen molar-refractivity contribution in [2.45, 2.75) is 19.9 Å². The zero-order chi connectivity index (χ0) is 11.5. The van der Waals surface area contributed by atoms with Crippen LogP contribution in [0.5, 0.6) is 0 Å². The molecule has 84 valence electrons. The third-order valence-corrected chi connectivity index (χ3v) is 2.86. The minimum absolute atomic E-state index is 0.426. The average Bonchev–Trinajstić information content (AvgIpc) is 2.28. The van der Waals surface area contributed by atoms with Crippen molar-refractivity contribution in [2.24, 2.45) is 0 Å². The minimum Gasteiger partial charge on any atom is -0.351 e. The van der Waals surface area contributed by atoms with Gasteiger partial charge in [-0.1, -0.05) is 0 Å². The number of nitriles is 1. The van der Waals surface area contributed by atoms with Crippen LogP contribution in [0.2, 0.25) is 0 Å². The van der Waals surface area contributed by atoms with Crippen LogP contribution in [0, 0.1) is 18.3 Å². The second kappa shape index (κ2) is 4.50. The molecule has 0 spiro atoms. The molecule has 1 saturated heterocycles. The van der Waals surface area contributed by atoms with Gasteiger partial charge in [-0.3, -0.25) is 0 Å². The summed E-state index contributed by atoms with van der Waals surface area (Å²) in [6.45, 7) is 6.99. The number of aryl methyl sites for hydroxylation is 1. The summed E-state index contributed by atoms with van der Waals surface area (Å²) < 4.78 is 0. The van der Waals surface area contributed by atoms with Gasteiger partial charge in [0.05, 0.1) is 11.6 Å². The molecule has 1 aromatic heterocycles. The fourth-order valence-electron chi connectivity index (χ4n) is 2.04. The van der Waals surface area contributed by atoms with Gasteiger partial charge in [0.15, 0.2) is 0 Å². The molecule has 2 heterocycles. The number of hydrogen-bond donors (Lipinski definition) is 1. The summed E-state index contributed by atoms with van der Waals surface area (Å²) in [7, 11) is 0. The zero-order valence-electron chi connectivity index (χ0n) is 9.70. The molecule has 0 amide bonds. The summed E-state index contributed by atoms with van der Waals surface area (Å²) in [6, 6.07) is 6.29. The van der Waals surface area contributed by atoms with Crippen LogP contribution in [0.15, 0.2) is 12.1 Å². The van der Waals surface area contributed by atoms with E-state index in [1.54, 1.807) is 0 Å². The van der Waals surface area contributed by atoms with Crippen molar-refractivity contribution < 1.29 is 0 Å². The number of anilines is 1. The van der Waals surface area contributed by atoms with Gasteiger partial charge in [-0.25, -0.2) is 4.98 Å². The predicted octanol–water partition coefficient (Wildman–Crippen LogP) is 1.06. The fourth-order valence-corrected chi connectivity index (χ4v) is 2.04. The lowest BCUT2D eigenvalue weighted by Gasteiger charge is -2.35. The molecule has 4 heteroatoms. The smallest absolute Gasteiger partial charge is 0.130 e. The van der Waals surface area contributed by atoms with Crippen LogP contribution < -0.4 is 10.2 Å². The molecule has 0 radical (unpaired) electrons. The molecule has 1 unspecified atom stereocenters. The Hall–Kier alpha value is -1.60. The molecule has 0 aromatic carbocycles. The van der Waals surface area contributed by atoms with Gasteiger partial charge < -0.3 is 10.2 Å². The van der Waals surface area contributed by atoms with Crippen molar-refractivity contribution in [3.63, 3.8) is 0 Å². The highest BCUT2D eigenvalue weighted by atomic mass is 15.3. The van der Waals surface area contributed by atoms with E-state index in [0.29, 0.717) is 11.6 Å². The fraction of sp³-hybridized carbons (Fsp3) is 0.500. The molecular formula is C12H16N4. The lowest BCUT2D eigenvalue weighted by atomic mass is 10.2. The first-order chi connectivity index (χ1) is 7.70. The van der Waals surface area contributed by atoms with Crippen LogP contribution >= 0.6 is 0 Å². The Morgan fingerprint density at radius 1 is 1.56 bits per heavy atom. The van der Waals surface area contributed by atoms with E-state index in [-0.39, 0.29) is 0 Å². The number of nitrogens with zero attached hydrogens (tertiary/aromatic N) is 3. The standard InChI is InChI=1S/C12H16N4/c1-9-5-11(7-13)6-12(15-9)16-4-3-14-8-10(16)2/h5-6,10,14H,3-4,8H2,1-2H3. The third-order valence-electron chi connectivity index (χ3n) is 2.86. The highest BCUT2D eigenvalue weighted by Crippen LogP contribution is 2.18. The molecule has 1 fully saturated rings. The van der Waals surface area contributed by atoms with Crippen LogP contribution in [0.3, 0.4) is 0 Å². The number of pyridine rings is 1. The van der Waals surface area contributed by atoms with Gasteiger partial charge in [0.25, 0.3) is 0 Å². The van der Waals surface area contributed by atoms with Crippen LogP contribution in [-0.2, 0) is 0 Å². The number of nitrogens with one attached hydrogen (secondary N) is 1. The summed E-state index contributed by atoms with van der Waals surface area (Å²) in [5, 5.41) is 12.3. The molecule has 1 aromatic rings. The first kappa shape index (κ1) is 10.9. The van der Waals surface area contributed by atoms with Crippen LogP contribution in [0.4, 0.5) is 5.82 Å². The van der Waals surface area contributed by atoms with Crippen LogP contribution in [0.25, 0.3) is 0 Å². The SMILES string of the molecule is Cc1cc(C#N)cc(N2CCNCC2C)n1. The van der Waals surface area contributed by atoms with Gasteiger partial charge in [0.1, 0.15) is 5.82 Å². The molecule has 1 aliphatic heterocycles. The van der Waals surface area contributed by atoms with Crippen LogP contribution in [0.1, 0.15) is 18.2 Å². The molecule has 16 heavy (non-hydrogen) atoms. The number of hydrogen-bond acceptors (Lipinski definition) is 4. The Morgan fingerprint density at radius 3 is 3.06 bits per heavy atom. The monoisotopic (exact) mass is 216 g/mol. The maximum Gasteiger partial charge on any atom is 0.130 e. The molecule has 2 rings (SSSR count). The second-order valence-corrected chi connectivity index (χ2v) is 4.21. The topological polar surface area (TPSA) is 52.0 Å². The lowest BCUT2D eigenvalue weighted by Crippen LogP contribution is -2.50. The Labute approximate surface area is 95.9 Å². The van der Waals surface area contributed by atoms with Gasteiger partial charge in [-0.05, 0) is 26.0 Å². The molecular weight excluding hydrogens is 200 g/mol. The largest absolute Gasteiger partial charge is 0.351 e. The first-order valence-electron chi connectivity index (χ1n) is 5.57. The van der Waals surface area contributed by atoms with E-state index in [4.69, 9.17) is 5.26 Å². The third kappa shape index (κ3) is 2.15. The Kier molecular flexibility index (Phi) is 3.07. The summed E-state index contributed by atoms with van der Waals surface area (Å²) in [6.07, 6.45) is 0. The van der Waals surface area contributed by atoms with E-state index in [1.165, 1.54) is 0 Å². The highest BCUT2D eigenvalue weighted by Gasteiger charge is 2.19. The van der Waals surface area contributed by atoms with Gasteiger partial charge >= 0.3 is 0 Å². The summed E-state index contributed by atoms with van der Waals surface area (Å²) >= 11 is 0. The van der Waals surface area contributed by atoms with Gasteiger partial charge in [-0.2, -0.15) is 5.26 Å². The normalized spacial score (nSPS) is 20.6.